The van der Waals surface area contributed by atoms with E-state index < -0.39 is 0 Å². The minimum Gasteiger partial charge on any atom is -0.495 e. The van der Waals surface area contributed by atoms with Crippen LogP contribution in [0.15, 0.2) is 40.3 Å². The first-order chi connectivity index (χ1) is 15.4. The number of nitrogens with zero attached hydrogens (tertiary/aromatic N) is 4. The molecule has 1 aliphatic heterocycles. The molecule has 0 amide bonds. The number of aromatic nitrogens is 2. The zero-order valence-corrected chi connectivity index (χ0v) is 20.3. The van der Waals surface area contributed by atoms with Gasteiger partial charge in [-0.2, -0.15) is 0 Å². The van der Waals surface area contributed by atoms with Crippen molar-refractivity contribution < 1.29 is 9.15 Å². The number of para-hydroxylation sites is 2. The highest BCUT2D eigenvalue weighted by molar-refractivity contribution is 5.58. The molecule has 6 heteroatoms. The number of benzene rings is 1. The van der Waals surface area contributed by atoms with Gasteiger partial charge in [-0.3, -0.25) is 4.90 Å². The largest absolute Gasteiger partial charge is 0.495 e. The molecule has 32 heavy (non-hydrogen) atoms. The first-order valence-electron chi connectivity index (χ1n) is 12.0. The van der Waals surface area contributed by atoms with Crippen molar-refractivity contribution in [2.45, 2.75) is 40.5 Å². The van der Waals surface area contributed by atoms with E-state index in [-0.39, 0.29) is 0 Å². The molecule has 1 saturated heterocycles. The van der Waals surface area contributed by atoms with Crippen LogP contribution in [-0.4, -0.2) is 54.9 Å². The van der Waals surface area contributed by atoms with Crippen LogP contribution in [-0.2, 0) is 6.42 Å². The molecule has 0 saturated carbocycles. The first-order valence-corrected chi connectivity index (χ1v) is 12.0. The van der Waals surface area contributed by atoms with E-state index in [0.29, 0.717) is 29.6 Å². The fraction of sp³-hybridized carbons (Fsp3) is 0.615. The van der Waals surface area contributed by atoms with Crippen molar-refractivity contribution in [2.75, 3.05) is 44.7 Å². The summed E-state index contributed by atoms with van der Waals surface area (Å²) in [5.41, 5.74) is 2.69. The third kappa shape index (κ3) is 5.17. The predicted octanol–water partition coefficient (Wildman–Crippen LogP) is 4.61. The summed E-state index contributed by atoms with van der Waals surface area (Å²) in [7, 11) is 1.76. The molecule has 2 heterocycles. The van der Waals surface area contributed by atoms with Gasteiger partial charge in [-0.15, -0.1) is 10.2 Å². The van der Waals surface area contributed by atoms with Gasteiger partial charge in [0.1, 0.15) is 5.75 Å². The lowest BCUT2D eigenvalue weighted by Crippen LogP contribution is -2.49. The lowest BCUT2D eigenvalue weighted by Gasteiger charge is -2.42. The minimum atomic E-state index is 0.501. The summed E-state index contributed by atoms with van der Waals surface area (Å²) in [6, 6.07) is 8.35. The Bertz CT molecular complexity index is 914. The summed E-state index contributed by atoms with van der Waals surface area (Å²) >= 11 is 0. The van der Waals surface area contributed by atoms with Crippen molar-refractivity contribution in [1.29, 1.82) is 0 Å². The number of aryl methyl sites for hydroxylation is 1. The Labute approximate surface area is 192 Å². The van der Waals surface area contributed by atoms with Gasteiger partial charge in [0.15, 0.2) is 0 Å². The minimum absolute atomic E-state index is 0.501. The van der Waals surface area contributed by atoms with Gasteiger partial charge in [-0.1, -0.05) is 37.6 Å². The zero-order valence-electron chi connectivity index (χ0n) is 20.3. The van der Waals surface area contributed by atoms with E-state index in [2.05, 4.69) is 65.0 Å². The number of hydrogen-bond donors (Lipinski definition) is 0. The number of methoxy groups -OCH3 is 1. The number of ether oxygens (including phenoxy) is 1. The molecule has 1 fully saturated rings. The number of piperazine rings is 1. The fourth-order valence-corrected chi connectivity index (χ4v) is 5.48. The highest BCUT2D eigenvalue weighted by atomic mass is 16.5. The van der Waals surface area contributed by atoms with Crippen LogP contribution >= 0.6 is 0 Å². The summed E-state index contributed by atoms with van der Waals surface area (Å²) in [6.45, 7) is 14.3. The van der Waals surface area contributed by atoms with Gasteiger partial charge in [0.2, 0.25) is 11.8 Å². The molecule has 6 nitrogen and oxygen atoms in total. The topological polar surface area (TPSA) is 54.6 Å². The summed E-state index contributed by atoms with van der Waals surface area (Å²) < 4.78 is 11.2. The van der Waals surface area contributed by atoms with Gasteiger partial charge in [0.25, 0.3) is 0 Å². The summed E-state index contributed by atoms with van der Waals surface area (Å²) in [5, 5.41) is 8.24. The van der Waals surface area contributed by atoms with Crippen LogP contribution in [0, 0.1) is 30.6 Å². The van der Waals surface area contributed by atoms with Crippen molar-refractivity contribution >= 4 is 5.69 Å². The fourth-order valence-electron chi connectivity index (χ4n) is 5.48. The SMILES string of the molecule is COc1ccccc1N1CCN(CC2C=C(C)C(Cc3nnc(C)o3)CC2C(C)C)CC1. The zero-order chi connectivity index (χ0) is 22.7. The number of anilines is 1. The molecule has 0 bridgehead atoms. The lowest BCUT2D eigenvalue weighted by molar-refractivity contribution is 0.154. The van der Waals surface area contributed by atoms with E-state index in [1.165, 1.54) is 17.7 Å². The Hall–Kier alpha value is -2.34. The molecule has 1 aliphatic carbocycles. The van der Waals surface area contributed by atoms with E-state index in [4.69, 9.17) is 9.15 Å². The maximum absolute atomic E-state index is 5.67. The molecular formula is C26H38N4O2. The third-order valence-electron chi connectivity index (χ3n) is 7.34. The smallest absolute Gasteiger partial charge is 0.217 e. The van der Waals surface area contributed by atoms with Crippen LogP contribution in [0.25, 0.3) is 0 Å². The van der Waals surface area contributed by atoms with Crippen LogP contribution in [0.1, 0.15) is 39.0 Å². The Balaban J connectivity index is 1.39. The summed E-state index contributed by atoms with van der Waals surface area (Å²) in [6.07, 6.45) is 4.61. The molecule has 0 spiro atoms. The highest BCUT2D eigenvalue weighted by Crippen LogP contribution is 2.39. The van der Waals surface area contributed by atoms with Gasteiger partial charge >= 0.3 is 0 Å². The predicted molar refractivity (Wildman–Crippen MR) is 128 cm³/mol. The van der Waals surface area contributed by atoms with Crippen molar-refractivity contribution in [3.8, 4) is 5.75 Å². The van der Waals surface area contributed by atoms with E-state index in [1.807, 2.05) is 13.0 Å². The Morgan fingerprint density at radius 2 is 1.84 bits per heavy atom. The monoisotopic (exact) mass is 438 g/mol. The molecule has 174 valence electrons. The molecule has 4 rings (SSSR count). The molecule has 2 aromatic rings. The number of hydrogen-bond acceptors (Lipinski definition) is 6. The molecule has 3 unspecified atom stereocenters. The molecule has 2 aliphatic rings. The maximum Gasteiger partial charge on any atom is 0.217 e. The second kappa shape index (κ2) is 10.1. The molecule has 3 atom stereocenters. The summed E-state index contributed by atoms with van der Waals surface area (Å²) in [4.78, 5) is 5.11. The van der Waals surface area contributed by atoms with Crippen LogP contribution in [0.5, 0.6) is 5.75 Å². The average molecular weight is 439 g/mol. The van der Waals surface area contributed by atoms with E-state index in [1.54, 1.807) is 7.11 Å². The molecule has 0 radical (unpaired) electrons. The van der Waals surface area contributed by atoms with Crippen molar-refractivity contribution in [3.63, 3.8) is 0 Å². The molecular weight excluding hydrogens is 400 g/mol. The normalized spacial score (nSPS) is 24.6. The van der Waals surface area contributed by atoms with Crippen LogP contribution in [0.4, 0.5) is 5.69 Å². The average Bonchev–Trinajstić information content (AvgIpc) is 3.20. The van der Waals surface area contributed by atoms with Crippen LogP contribution in [0.2, 0.25) is 0 Å². The Kier molecular flexibility index (Phi) is 7.19. The van der Waals surface area contributed by atoms with E-state index in [0.717, 1.165) is 50.8 Å². The van der Waals surface area contributed by atoms with Gasteiger partial charge in [0.05, 0.1) is 12.8 Å². The van der Waals surface area contributed by atoms with Crippen LogP contribution in [0.3, 0.4) is 0 Å². The van der Waals surface area contributed by atoms with E-state index >= 15 is 0 Å². The number of allylic oxidation sites excluding steroid dienone is 1. The van der Waals surface area contributed by atoms with E-state index in [9.17, 15) is 0 Å². The van der Waals surface area contributed by atoms with Crippen molar-refractivity contribution in [2.24, 2.45) is 23.7 Å². The maximum atomic E-state index is 5.67. The molecule has 1 aromatic heterocycles. The number of rotatable bonds is 7. The molecule has 1 aromatic carbocycles. The molecule has 0 N–H and O–H groups in total. The third-order valence-corrected chi connectivity index (χ3v) is 7.34. The van der Waals surface area contributed by atoms with Gasteiger partial charge in [-0.25, -0.2) is 0 Å². The first kappa shape index (κ1) is 22.8. The quantitative estimate of drug-likeness (QED) is 0.589. The van der Waals surface area contributed by atoms with Crippen molar-refractivity contribution in [1.82, 2.24) is 15.1 Å². The van der Waals surface area contributed by atoms with Gasteiger partial charge in [0, 0.05) is 46.1 Å². The van der Waals surface area contributed by atoms with Crippen molar-refractivity contribution in [3.05, 3.63) is 47.7 Å². The second-order valence-electron chi connectivity index (χ2n) is 9.79. The Morgan fingerprint density at radius 1 is 1.09 bits per heavy atom. The standard InChI is InChI=1S/C26H38N4O2/c1-18(2)23-15-21(16-26-28-27-20(4)32-26)19(3)14-22(23)17-29-10-12-30(13-11-29)24-8-6-7-9-25(24)31-5/h6-9,14,18,21-23H,10-13,15-17H2,1-5H3. The second-order valence-corrected chi connectivity index (χ2v) is 9.79. The Morgan fingerprint density at radius 3 is 2.50 bits per heavy atom. The van der Waals surface area contributed by atoms with Crippen LogP contribution < -0.4 is 9.64 Å². The highest BCUT2D eigenvalue weighted by Gasteiger charge is 2.34. The lowest BCUT2D eigenvalue weighted by atomic mass is 9.69. The van der Waals surface area contributed by atoms with Gasteiger partial charge < -0.3 is 14.1 Å². The van der Waals surface area contributed by atoms with Gasteiger partial charge in [-0.05, 0) is 49.1 Å². The summed E-state index contributed by atoms with van der Waals surface area (Å²) in [5.74, 6) is 4.84.